The number of benzene rings is 5. The molecule has 1 heterocycles. The highest BCUT2D eigenvalue weighted by atomic mass is 79.9. The zero-order chi connectivity index (χ0) is 30.5. The molecule has 1 nitrogen and oxygen atoms in total. The van der Waals surface area contributed by atoms with Crippen molar-refractivity contribution in [1.29, 1.82) is 0 Å². The zero-order valence-corrected chi connectivity index (χ0v) is 28.2. The van der Waals surface area contributed by atoms with Crippen LogP contribution in [-0.2, 0) is 10.8 Å². The molecule has 3 heteroatoms. The smallest absolute Gasteiger partial charge is 0.130 e. The van der Waals surface area contributed by atoms with Gasteiger partial charge in [0.2, 0.25) is 0 Å². The molecule has 0 aromatic heterocycles. The summed E-state index contributed by atoms with van der Waals surface area (Å²) in [4.78, 5) is 0.0723. The van der Waals surface area contributed by atoms with Crippen molar-refractivity contribution in [1.82, 2.24) is 0 Å². The minimum Gasteiger partial charge on any atom is -0.460 e. The maximum Gasteiger partial charge on any atom is 0.130 e. The number of ether oxygens (including phenoxy) is 1. The molecule has 45 heavy (non-hydrogen) atoms. The van der Waals surface area contributed by atoms with Gasteiger partial charge >= 0.3 is 0 Å². The number of hydrogen-bond acceptors (Lipinski definition) is 1. The number of para-hydroxylation sites is 1. The van der Waals surface area contributed by atoms with Crippen molar-refractivity contribution in [2.75, 3.05) is 0 Å². The molecule has 0 saturated carbocycles. The predicted octanol–water partition coefficient (Wildman–Crippen LogP) is 11.3. The number of allylic oxidation sites excluding steroid dienone is 5. The molecule has 5 aromatic rings. The van der Waals surface area contributed by atoms with Gasteiger partial charge in [0.05, 0.1) is 11.3 Å². The molecule has 3 aliphatic carbocycles. The molecule has 0 radical (unpaired) electrons. The van der Waals surface area contributed by atoms with Gasteiger partial charge in [-0.1, -0.05) is 149 Å². The van der Waals surface area contributed by atoms with E-state index in [4.69, 9.17) is 4.74 Å². The van der Waals surface area contributed by atoms with Gasteiger partial charge in [0.25, 0.3) is 0 Å². The average molecular weight is 711 g/mol. The van der Waals surface area contributed by atoms with Gasteiger partial charge in [-0.3, -0.25) is 0 Å². The van der Waals surface area contributed by atoms with Gasteiger partial charge in [0.15, 0.2) is 0 Å². The molecule has 2 atom stereocenters. The fourth-order valence-electron chi connectivity index (χ4n) is 8.38. The molecule has 0 saturated heterocycles. The Hall–Kier alpha value is -3.92. The van der Waals surface area contributed by atoms with Crippen LogP contribution in [-0.4, -0.2) is 4.83 Å². The SMILES string of the molecule is CC1(C)c2cc(Br)ccc2-c2cc3c(cc21)C=CC1=C2Oc4ccccc4C2C(Br)C=C1C3(c1ccccc1)c1ccccc1. The van der Waals surface area contributed by atoms with Gasteiger partial charge in [-0.05, 0) is 80.4 Å². The third-order valence-corrected chi connectivity index (χ3v) is 11.7. The minimum absolute atomic E-state index is 0.0723. The fourth-order valence-corrected chi connectivity index (χ4v) is 9.54. The molecule has 2 unspecified atom stereocenters. The summed E-state index contributed by atoms with van der Waals surface area (Å²) in [6.45, 7) is 4.71. The molecular weight excluding hydrogens is 680 g/mol. The first-order valence-electron chi connectivity index (χ1n) is 15.6. The maximum absolute atomic E-state index is 6.79. The Kier molecular flexibility index (Phi) is 5.96. The van der Waals surface area contributed by atoms with Gasteiger partial charge in [0.1, 0.15) is 11.5 Å². The summed E-state index contributed by atoms with van der Waals surface area (Å²) in [5.41, 5.74) is 13.3. The van der Waals surface area contributed by atoms with E-state index in [9.17, 15) is 0 Å². The Morgan fingerprint density at radius 1 is 0.667 bits per heavy atom. The van der Waals surface area contributed by atoms with E-state index in [2.05, 4.69) is 179 Å². The van der Waals surface area contributed by atoms with Crippen LogP contribution in [0.3, 0.4) is 0 Å². The Labute approximate surface area is 281 Å². The molecule has 0 spiro atoms. The lowest BCUT2D eigenvalue weighted by molar-refractivity contribution is 0.420. The van der Waals surface area contributed by atoms with Crippen molar-refractivity contribution in [2.45, 2.75) is 35.4 Å². The molecule has 4 aliphatic rings. The highest BCUT2D eigenvalue weighted by Gasteiger charge is 2.50. The lowest BCUT2D eigenvalue weighted by Gasteiger charge is -2.42. The standard InChI is InChI=1S/C42H30Br2O/c1-41(2)34-21-25-17-19-30-36(24-37(44)39-31-15-9-10-16-38(31)45-40(30)39)42(26-11-5-3-6-12-26,27-13-7-4-8-14-27)33(25)23-32(34)29-20-18-28(43)22-35(29)41/h3-24,37,39H,1-2H3. The summed E-state index contributed by atoms with van der Waals surface area (Å²) < 4.78 is 7.91. The van der Waals surface area contributed by atoms with Crippen molar-refractivity contribution in [3.05, 3.63) is 188 Å². The lowest BCUT2D eigenvalue weighted by atomic mass is 9.60. The quantitative estimate of drug-likeness (QED) is 0.166. The molecule has 5 aromatic carbocycles. The Bertz CT molecular complexity index is 2100. The second-order valence-electron chi connectivity index (χ2n) is 13.0. The molecule has 218 valence electrons. The highest BCUT2D eigenvalue weighted by Crippen LogP contribution is 2.60. The normalized spacial score (nSPS) is 20.9. The molecule has 0 amide bonds. The van der Waals surface area contributed by atoms with E-state index in [-0.39, 0.29) is 16.2 Å². The second-order valence-corrected chi connectivity index (χ2v) is 15.0. The Morgan fingerprint density at radius 2 is 1.33 bits per heavy atom. The van der Waals surface area contributed by atoms with Crippen LogP contribution in [0.4, 0.5) is 0 Å². The summed E-state index contributed by atoms with van der Waals surface area (Å²) in [6, 6.07) is 42.3. The first kappa shape index (κ1) is 27.4. The van der Waals surface area contributed by atoms with Crippen LogP contribution < -0.4 is 4.74 Å². The van der Waals surface area contributed by atoms with E-state index < -0.39 is 5.41 Å². The monoisotopic (exact) mass is 708 g/mol. The molecule has 1 aliphatic heterocycles. The van der Waals surface area contributed by atoms with Gasteiger partial charge in [-0.15, -0.1) is 0 Å². The Morgan fingerprint density at radius 3 is 2.07 bits per heavy atom. The van der Waals surface area contributed by atoms with Crippen molar-refractivity contribution >= 4 is 37.9 Å². The first-order chi connectivity index (χ1) is 21.9. The number of halogens is 2. The number of rotatable bonds is 2. The average Bonchev–Trinajstić information content (AvgIpc) is 3.50. The molecule has 0 bridgehead atoms. The molecule has 9 rings (SSSR count). The summed E-state index contributed by atoms with van der Waals surface area (Å²) in [5, 5.41) is 0. The number of hydrogen-bond donors (Lipinski definition) is 0. The summed E-state index contributed by atoms with van der Waals surface area (Å²) in [7, 11) is 0. The number of alkyl halides is 1. The van der Waals surface area contributed by atoms with E-state index in [1.165, 1.54) is 61.2 Å². The zero-order valence-electron chi connectivity index (χ0n) is 25.0. The van der Waals surface area contributed by atoms with Crippen molar-refractivity contribution < 1.29 is 4.74 Å². The topological polar surface area (TPSA) is 9.23 Å². The second kappa shape index (κ2) is 9.79. The van der Waals surface area contributed by atoms with Gasteiger partial charge < -0.3 is 4.74 Å². The first-order valence-corrected chi connectivity index (χ1v) is 17.3. The Balaban J connectivity index is 1.42. The third kappa shape index (κ3) is 3.71. The van der Waals surface area contributed by atoms with Gasteiger partial charge in [0, 0.05) is 25.9 Å². The van der Waals surface area contributed by atoms with E-state index in [0.29, 0.717) is 0 Å². The van der Waals surface area contributed by atoms with Crippen LogP contribution in [0, 0.1) is 0 Å². The van der Waals surface area contributed by atoms with Crippen molar-refractivity contribution in [3.8, 4) is 16.9 Å². The number of fused-ring (bicyclic) bond motifs is 8. The van der Waals surface area contributed by atoms with Crippen LogP contribution in [0.5, 0.6) is 5.75 Å². The van der Waals surface area contributed by atoms with E-state index in [1.54, 1.807) is 0 Å². The van der Waals surface area contributed by atoms with Crippen LogP contribution in [0.25, 0.3) is 17.2 Å². The fraction of sp³-hybridized carbons (Fsp3) is 0.143. The summed E-state index contributed by atoms with van der Waals surface area (Å²) in [6.07, 6.45) is 7.13. The minimum atomic E-state index is -0.587. The highest BCUT2D eigenvalue weighted by molar-refractivity contribution is 9.10. The van der Waals surface area contributed by atoms with E-state index >= 15 is 0 Å². The molecule has 0 fully saturated rings. The molecule has 0 N–H and O–H groups in total. The van der Waals surface area contributed by atoms with Crippen LogP contribution in [0.1, 0.15) is 58.7 Å². The maximum atomic E-state index is 6.79. The van der Waals surface area contributed by atoms with Crippen LogP contribution >= 0.6 is 31.9 Å². The van der Waals surface area contributed by atoms with Crippen molar-refractivity contribution in [2.24, 2.45) is 0 Å². The van der Waals surface area contributed by atoms with Gasteiger partial charge in [-0.2, -0.15) is 0 Å². The van der Waals surface area contributed by atoms with Gasteiger partial charge in [-0.25, -0.2) is 0 Å². The largest absolute Gasteiger partial charge is 0.460 e. The summed E-state index contributed by atoms with van der Waals surface area (Å²) in [5.74, 6) is 2.09. The van der Waals surface area contributed by atoms with E-state index in [0.717, 1.165) is 16.0 Å². The van der Waals surface area contributed by atoms with E-state index in [1.807, 2.05) is 0 Å². The predicted molar refractivity (Wildman–Crippen MR) is 191 cm³/mol. The summed E-state index contributed by atoms with van der Waals surface area (Å²) >= 11 is 7.92. The third-order valence-electron chi connectivity index (χ3n) is 10.4. The lowest BCUT2D eigenvalue weighted by Crippen LogP contribution is -2.36. The van der Waals surface area contributed by atoms with Crippen molar-refractivity contribution in [3.63, 3.8) is 0 Å². The van der Waals surface area contributed by atoms with Crippen LogP contribution in [0.2, 0.25) is 0 Å². The van der Waals surface area contributed by atoms with Crippen LogP contribution in [0.15, 0.2) is 149 Å². The molecular formula is C42H30Br2O.